The van der Waals surface area contributed by atoms with Gasteiger partial charge in [0, 0.05) is 19.8 Å². The largest absolute Gasteiger partial charge is 0.372 e. The Morgan fingerprint density at radius 3 is 2.67 bits per heavy atom. The zero-order valence-corrected chi connectivity index (χ0v) is 13.7. The van der Waals surface area contributed by atoms with Crippen molar-refractivity contribution in [3.05, 3.63) is 17.3 Å². The molecule has 1 aromatic rings. The minimum atomic E-state index is -3.86. The standard InChI is InChI=1S/C12H19ClN4O3S/c1-4-5-15-12(18)8(2)17-21(19,20)9-6-10(13)11(14-3)16-7-9/h6-8,17H,4-5H2,1-3H3,(H,14,16)(H,15,18). The molecule has 1 atom stereocenters. The number of hydrogen-bond acceptors (Lipinski definition) is 5. The van der Waals surface area contributed by atoms with Crippen LogP contribution >= 0.6 is 11.6 Å². The van der Waals surface area contributed by atoms with Crippen molar-refractivity contribution in [3.63, 3.8) is 0 Å². The van der Waals surface area contributed by atoms with Crippen molar-refractivity contribution < 1.29 is 13.2 Å². The number of halogens is 1. The normalized spacial score (nSPS) is 12.8. The summed E-state index contributed by atoms with van der Waals surface area (Å²) in [6.45, 7) is 3.88. The average Bonchev–Trinajstić information content (AvgIpc) is 2.44. The SMILES string of the molecule is CCCNC(=O)C(C)NS(=O)(=O)c1cnc(NC)c(Cl)c1. The van der Waals surface area contributed by atoms with Crippen molar-refractivity contribution >= 4 is 33.3 Å². The zero-order valence-electron chi connectivity index (χ0n) is 12.1. The molecule has 1 unspecified atom stereocenters. The molecule has 0 fully saturated rings. The molecule has 9 heteroatoms. The lowest BCUT2D eigenvalue weighted by atomic mass is 10.3. The highest BCUT2D eigenvalue weighted by molar-refractivity contribution is 7.89. The van der Waals surface area contributed by atoms with Gasteiger partial charge in [0.25, 0.3) is 0 Å². The smallest absolute Gasteiger partial charge is 0.242 e. The summed E-state index contributed by atoms with van der Waals surface area (Å²) in [4.78, 5) is 15.5. The van der Waals surface area contributed by atoms with E-state index >= 15 is 0 Å². The van der Waals surface area contributed by atoms with Crippen LogP contribution in [0.4, 0.5) is 5.82 Å². The number of amides is 1. The van der Waals surface area contributed by atoms with Gasteiger partial charge in [-0.2, -0.15) is 4.72 Å². The van der Waals surface area contributed by atoms with Gasteiger partial charge in [0.15, 0.2) is 0 Å². The van der Waals surface area contributed by atoms with Crippen LogP contribution in [0.25, 0.3) is 0 Å². The second-order valence-corrected chi connectivity index (χ2v) is 6.51. The lowest BCUT2D eigenvalue weighted by molar-refractivity contribution is -0.122. The Bertz CT molecular complexity index is 607. The third-order valence-corrected chi connectivity index (χ3v) is 4.43. The van der Waals surface area contributed by atoms with Crippen molar-refractivity contribution in [1.29, 1.82) is 0 Å². The second kappa shape index (κ2) is 7.58. The van der Waals surface area contributed by atoms with Crippen LogP contribution in [-0.4, -0.2) is 38.9 Å². The van der Waals surface area contributed by atoms with Gasteiger partial charge in [0.1, 0.15) is 10.7 Å². The summed E-state index contributed by atoms with van der Waals surface area (Å²) >= 11 is 5.91. The summed E-state index contributed by atoms with van der Waals surface area (Å²) in [5.74, 6) is -0.00400. The minimum absolute atomic E-state index is 0.0957. The van der Waals surface area contributed by atoms with Gasteiger partial charge >= 0.3 is 0 Å². The van der Waals surface area contributed by atoms with E-state index in [4.69, 9.17) is 11.6 Å². The molecule has 1 heterocycles. The Morgan fingerprint density at radius 2 is 2.14 bits per heavy atom. The topological polar surface area (TPSA) is 100 Å². The van der Waals surface area contributed by atoms with Gasteiger partial charge in [-0.05, 0) is 19.4 Å². The van der Waals surface area contributed by atoms with Crippen LogP contribution < -0.4 is 15.4 Å². The van der Waals surface area contributed by atoms with Gasteiger partial charge in [-0.25, -0.2) is 13.4 Å². The Hall–Kier alpha value is -1.38. The molecule has 0 spiro atoms. The fourth-order valence-electron chi connectivity index (χ4n) is 1.51. The first-order chi connectivity index (χ1) is 9.81. The number of carbonyl (C=O) groups excluding carboxylic acids is 1. The highest BCUT2D eigenvalue weighted by Gasteiger charge is 2.22. The summed E-state index contributed by atoms with van der Waals surface area (Å²) in [5.41, 5.74) is 0. The molecule has 7 nitrogen and oxygen atoms in total. The molecule has 21 heavy (non-hydrogen) atoms. The van der Waals surface area contributed by atoms with Crippen LogP contribution in [0.2, 0.25) is 5.02 Å². The number of nitrogens with zero attached hydrogens (tertiary/aromatic N) is 1. The first kappa shape index (κ1) is 17.7. The molecule has 0 aromatic carbocycles. The molecule has 1 rings (SSSR count). The fraction of sp³-hybridized carbons (Fsp3) is 0.500. The Morgan fingerprint density at radius 1 is 1.48 bits per heavy atom. The number of pyridine rings is 1. The lowest BCUT2D eigenvalue weighted by Crippen LogP contribution is -2.44. The maximum absolute atomic E-state index is 12.2. The van der Waals surface area contributed by atoms with Crippen molar-refractivity contribution in [2.75, 3.05) is 18.9 Å². The third-order valence-electron chi connectivity index (χ3n) is 2.64. The van der Waals surface area contributed by atoms with Crippen molar-refractivity contribution in [1.82, 2.24) is 15.0 Å². The minimum Gasteiger partial charge on any atom is -0.372 e. The van der Waals surface area contributed by atoms with Gasteiger partial charge in [-0.3, -0.25) is 4.79 Å². The molecular formula is C12H19ClN4O3S. The maximum Gasteiger partial charge on any atom is 0.242 e. The zero-order chi connectivity index (χ0) is 16.0. The van der Waals surface area contributed by atoms with Gasteiger partial charge in [0.2, 0.25) is 15.9 Å². The van der Waals surface area contributed by atoms with Crippen LogP contribution in [0.5, 0.6) is 0 Å². The van der Waals surface area contributed by atoms with Gasteiger partial charge < -0.3 is 10.6 Å². The molecule has 0 aliphatic rings. The first-order valence-corrected chi connectivity index (χ1v) is 8.31. The Labute approximate surface area is 129 Å². The number of anilines is 1. The van der Waals surface area contributed by atoms with E-state index in [0.29, 0.717) is 12.4 Å². The quantitative estimate of drug-likeness (QED) is 0.690. The Balaban J connectivity index is 2.86. The first-order valence-electron chi connectivity index (χ1n) is 6.45. The molecule has 1 aromatic heterocycles. The number of aromatic nitrogens is 1. The van der Waals surface area contributed by atoms with Gasteiger partial charge in [-0.1, -0.05) is 18.5 Å². The van der Waals surface area contributed by atoms with E-state index in [9.17, 15) is 13.2 Å². The predicted octanol–water partition coefficient (Wildman–Crippen LogP) is 0.970. The molecule has 0 aliphatic carbocycles. The second-order valence-electron chi connectivity index (χ2n) is 4.39. The number of hydrogen-bond donors (Lipinski definition) is 3. The molecule has 3 N–H and O–H groups in total. The van der Waals surface area contributed by atoms with Crippen LogP contribution in [0.15, 0.2) is 17.2 Å². The Kier molecular flexibility index (Phi) is 6.38. The lowest BCUT2D eigenvalue weighted by Gasteiger charge is -2.14. The molecule has 0 saturated carbocycles. The average molecular weight is 335 g/mol. The number of sulfonamides is 1. The van der Waals surface area contributed by atoms with Gasteiger partial charge in [-0.15, -0.1) is 0 Å². The molecule has 0 bridgehead atoms. The van der Waals surface area contributed by atoms with Crippen LogP contribution in [0.1, 0.15) is 20.3 Å². The predicted molar refractivity (Wildman–Crippen MR) is 81.9 cm³/mol. The molecule has 0 saturated heterocycles. The van der Waals surface area contributed by atoms with Crippen LogP contribution in [0.3, 0.4) is 0 Å². The monoisotopic (exact) mass is 334 g/mol. The van der Waals surface area contributed by atoms with E-state index in [0.717, 1.165) is 6.42 Å². The summed E-state index contributed by atoms with van der Waals surface area (Å²) in [6, 6.07) is 0.392. The molecule has 0 aliphatic heterocycles. The summed E-state index contributed by atoms with van der Waals surface area (Å²) in [6.07, 6.45) is 1.95. The summed E-state index contributed by atoms with van der Waals surface area (Å²) in [5, 5.41) is 5.54. The number of carbonyl (C=O) groups is 1. The van der Waals surface area contributed by atoms with E-state index in [1.807, 2.05) is 6.92 Å². The number of rotatable bonds is 7. The van der Waals surface area contributed by atoms with Gasteiger partial charge in [0.05, 0.1) is 11.1 Å². The maximum atomic E-state index is 12.2. The molecule has 1 amide bonds. The van der Waals surface area contributed by atoms with Crippen molar-refractivity contribution in [2.24, 2.45) is 0 Å². The highest BCUT2D eigenvalue weighted by Crippen LogP contribution is 2.21. The molecule has 0 radical (unpaired) electrons. The summed E-state index contributed by atoms with van der Waals surface area (Å²) in [7, 11) is -2.24. The summed E-state index contributed by atoms with van der Waals surface area (Å²) < 4.78 is 26.6. The van der Waals surface area contributed by atoms with E-state index in [1.54, 1.807) is 7.05 Å². The van der Waals surface area contributed by atoms with Crippen molar-refractivity contribution in [3.8, 4) is 0 Å². The fourth-order valence-corrected chi connectivity index (χ4v) is 3.01. The van der Waals surface area contributed by atoms with Crippen LogP contribution in [-0.2, 0) is 14.8 Å². The molecule has 118 valence electrons. The third kappa shape index (κ3) is 4.83. The highest BCUT2D eigenvalue weighted by atomic mass is 35.5. The van der Waals surface area contributed by atoms with E-state index in [1.165, 1.54) is 19.2 Å². The van der Waals surface area contributed by atoms with E-state index in [-0.39, 0.29) is 15.8 Å². The molecular weight excluding hydrogens is 316 g/mol. The number of nitrogens with one attached hydrogen (secondary N) is 3. The van der Waals surface area contributed by atoms with E-state index < -0.39 is 16.1 Å². The van der Waals surface area contributed by atoms with Crippen LogP contribution in [0, 0.1) is 0 Å². The van der Waals surface area contributed by atoms with E-state index in [2.05, 4.69) is 20.3 Å². The van der Waals surface area contributed by atoms with Crippen molar-refractivity contribution in [2.45, 2.75) is 31.2 Å².